The Kier molecular flexibility index (Phi) is 7.60. The Bertz CT molecular complexity index is 1220. The van der Waals surface area contributed by atoms with Gasteiger partial charge in [0.15, 0.2) is 0 Å². The number of nitrogens with one attached hydrogen (secondary N) is 1. The predicted octanol–water partition coefficient (Wildman–Crippen LogP) is 4.20. The molecule has 0 aliphatic carbocycles. The van der Waals surface area contributed by atoms with Crippen LogP contribution in [0.15, 0.2) is 59.5 Å². The summed E-state index contributed by atoms with van der Waals surface area (Å²) in [5, 5.41) is 12.3. The van der Waals surface area contributed by atoms with Crippen LogP contribution in [0.25, 0.3) is 0 Å². The van der Waals surface area contributed by atoms with Gasteiger partial charge in [0.1, 0.15) is 5.01 Å². The molecule has 34 heavy (non-hydrogen) atoms. The lowest BCUT2D eigenvalue weighted by molar-refractivity contribution is 0.102. The maximum Gasteiger partial charge on any atom is 0.257 e. The molecule has 0 unspecified atom stereocenters. The number of carbonyl (C=O) groups is 1. The van der Waals surface area contributed by atoms with Crippen LogP contribution >= 0.6 is 11.3 Å². The highest BCUT2D eigenvalue weighted by Crippen LogP contribution is 2.28. The van der Waals surface area contributed by atoms with Crippen LogP contribution in [0.4, 0.5) is 10.8 Å². The van der Waals surface area contributed by atoms with Crippen LogP contribution in [0.3, 0.4) is 0 Å². The van der Waals surface area contributed by atoms with Crippen LogP contribution in [0, 0.1) is 0 Å². The molecule has 1 aromatic heterocycles. The van der Waals surface area contributed by atoms with Gasteiger partial charge in [-0.1, -0.05) is 49.4 Å². The molecule has 3 aromatic rings. The summed E-state index contributed by atoms with van der Waals surface area (Å²) in [4.78, 5) is 15.1. The number of hydrogen-bond donors (Lipinski definition) is 1. The van der Waals surface area contributed by atoms with Gasteiger partial charge in [0.25, 0.3) is 5.91 Å². The van der Waals surface area contributed by atoms with Gasteiger partial charge in [-0.05, 0) is 43.2 Å². The van der Waals surface area contributed by atoms with Crippen molar-refractivity contribution in [2.24, 2.45) is 0 Å². The number of rotatable bonds is 8. The highest BCUT2D eigenvalue weighted by Gasteiger charge is 2.29. The molecule has 0 atom stereocenters. The first-order chi connectivity index (χ1) is 16.4. The molecule has 1 fully saturated rings. The van der Waals surface area contributed by atoms with Gasteiger partial charge in [0.05, 0.1) is 4.90 Å². The molecule has 180 valence electrons. The van der Waals surface area contributed by atoms with Crippen molar-refractivity contribution in [2.75, 3.05) is 36.4 Å². The molecule has 0 radical (unpaired) electrons. The quantitative estimate of drug-likeness (QED) is 0.499. The summed E-state index contributed by atoms with van der Waals surface area (Å²) < 4.78 is 28.0. The number of carbonyl (C=O) groups excluding carboxylic acids is 1. The Morgan fingerprint density at radius 2 is 1.71 bits per heavy atom. The fourth-order valence-electron chi connectivity index (χ4n) is 4.03. The van der Waals surface area contributed by atoms with Gasteiger partial charge in [0, 0.05) is 43.3 Å². The molecule has 1 N–H and O–H groups in total. The molecule has 0 spiro atoms. The van der Waals surface area contributed by atoms with E-state index in [9.17, 15) is 13.2 Å². The zero-order valence-electron chi connectivity index (χ0n) is 19.3. The van der Waals surface area contributed by atoms with E-state index >= 15 is 0 Å². The smallest absolute Gasteiger partial charge is 0.257 e. The second-order valence-electron chi connectivity index (χ2n) is 8.17. The van der Waals surface area contributed by atoms with E-state index in [1.165, 1.54) is 27.8 Å². The maximum absolute atomic E-state index is 13.3. The molecule has 1 saturated heterocycles. The van der Waals surface area contributed by atoms with Gasteiger partial charge in [-0.25, -0.2) is 8.42 Å². The van der Waals surface area contributed by atoms with E-state index < -0.39 is 15.9 Å². The first-order valence-electron chi connectivity index (χ1n) is 11.5. The Hall–Kier alpha value is -2.82. The Balaban J connectivity index is 1.44. The number of anilines is 2. The predicted molar refractivity (Wildman–Crippen MR) is 135 cm³/mol. The molecule has 8 nitrogen and oxygen atoms in total. The van der Waals surface area contributed by atoms with Gasteiger partial charge in [0.2, 0.25) is 15.2 Å². The lowest BCUT2D eigenvalue weighted by Gasteiger charge is -2.35. The van der Waals surface area contributed by atoms with Gasteiger partial charge in [-0.3, -0.25) is 10.1 Å². The van der Waals surface area contributed by atoms with Crippen molar-refractivity contribution >= 4 is 38.1 Å². The summed E-state index contributed by atoms with van der Waals surface area (Å²) in [5.41, 5.74) is 1.35. The molecule has 2 aromatic carbocycles. The van der Waals surface area contributed by atoms with Crippen LogP contribution in [0.2, 0.25) is 0 Å². The summed E-state index contributed by atoms with van der Waals surface area (Å²) in [6, 6.07) is 16.1. The second-order valence-corrected chi connectivity index (χ2v) is 11.1. The molecular formula is C24H29N5O3S2. The number of nitrogens with zero attached hydrogens (tertiary/aromatic N) is 4. The maximum atomic E-state index is 13.3. The molecular weight excluding hydrogens is 470 g/mol. The van der Waals surface area contributed by atoms with Crippen LogP contribution in [-0.2, 0) is 10.0 Å². The molecule has 10 heteroatoms. The highest BCUT2D eigenvalue weighted by atomic mass is 32.2. The van der Waals surface area contributed by atoms with Crippen molar-refractivity contribution in [3.05, 3.63) is 65.2 Å². The largest absolute Gasteiger partial charge is 0.369 e. The Morgan fingerprint density at radius 1 is 1.00 bits per heavy atom. The van der Waals surface area contributed by atoms with Gasteiger partial charge < -0.3 is 4.90 Å². The number of aromatic nitrogens is 2. The van der Waals surface area contributed by atoms with E-state index in [0.29, 0.717) is 37.2 Å². The fourth-order valence-corrected chi connectivity index (χ4v) is 6.50. The van der Waals surface area contributed by atoms with Crippen molar-refractivity contribution in [3.63, 3.8) is 0 Å². The third-order valence-corrected chi connectivity index (χ3v) is 8.99. The van der Waals surface area contributed by atoms with Crippen LogP contribution in [0.1, 0.15) is 48.0 Å². The fraction of sp³-hybridized carbons (Fsp3) is 0.375. The van der Waals surface area contributed by atoms with Gasteiger partial charge in [-0.2, -0.15) is 4.31 Å². The molecule has 1 amide bonds. The standard InChI is InChI=1S/C24H29N5O3S2/c1-3-18(4-2)23-26-27-24(33-23)25-22(30)19-9-8-12-21(17-19)34(31,32)29-15-13-28(14-16-29)20-10-6-5-7-11-20/h5-12,17-18H,3-4,13-16H2,1-2H3,(H,25,27,30). The summed E-state index contributed by atoms with van der Waals surface area (Å²) >= 11 is 1.36. The van der Waals surface area contributed by atoms with Gasteiger partial charge in [-0.15, -0.1) is 10.2 Å². The van der Waals surface area contributed by atoms with Gasteiger partial charge >= 0.3 is 0 Å². The first kappa shape index (κ1) is 24.3. The molecule has 1 aliphatic rings. The molecule has 4 rings (SSSR count). The zero-order chi connectivity index (χ0) is 24.1. The van der Waals surface area contributed by atoms with E-state index in [1.54, 1.807) is 12.1 Å². The molecule has 2 heterocycles. The lowest BCUT2D eigenvalue weighted by Crippen LogP contribution is -2.48. The normalized spacial score (nSPS) is 15.0. The first-order valence-corrected chi connectivity index (χ1v) is 13.7. The molecule has 1 aliphatic heterocycles. The second kappa shape index (κ2) is 10.6. The summed E-state index contributed by atoms with van der Waals surface area (Å²) in [5.74, 6) is -0.0859. The van der Waals surface area contributed by atoms with Crippen molar-refractivity contribution in [3.8, 4) is 0 Å². The lowest BCUT2D eigenvalue weighted by atomic mass is 10.1. The topological polar surface area (TPSA) is 95.5 Å². The van der Waals surface area contributed by atoms with E-state index in [-0.39, 0.29) is 10.5 Å². The molecule has 0 saturated carbocycles. The third-order valence-electron chi connectivity index (χ3n) is 6.09. The van der Waals surface area contributed by atoms with Crippen LogP contribution < -0.4 is 10.2 Å². The average molecular weight is 500 g/mol. The number of hydrogen-bond acceptors (Lipinski definition) is 7. The van der Waals surface area contributed by atoms with E-state index in [0.717, 1.165) is 23.5 Å². The SMILES string of the molecule is CCC(CC)c1nnc(NC(=O)c2cccc(S(=O)(=O)N3CCN(c4ccccc4)CC3)c2)s1. The van der Waals surface area contributed by atoms with Crippen molar-refractivity contribution in [1.29, 1.82) is 0 Å². The van der Waals surface area contributed by atoms with Crippen molar-refractivity contribution in [2.45, 2.75) is 37.5 Å². The monoisotopic (exact) mass is 499 g/mol. The number of piperazine rings is 1. The van der Waals surface area contributed by atoms with Crippen LogP contribution in [0.5, 0.6) is 0 Å². The van der Waals surface area contributed by atoms with Crippen molar-refractivity contribution < 1.29 is 13.2 Å². The Morgan fingerprint density at radius 3 is 2.38 bits per heavy atom. The summed E-state index contributed by atoms with van der Waals surface area (Å²) in [6.45, 7) is 6.19. The van der Waals surface area contributed by atoms with E-state index in [4.69, 9.17) is 0 Å². The minimum absolute atomic E-state index is 0.114. The summed E-state index contributed by atoms with van der Waals surface area (Å²) in [6.07, 6.45) is 1.91. The minimum atomic E-state index is -3.71. The van der Waals surface area contributed by atoms with E-state index in [2.05, 4.69) is 34.3 Å². The Labute approximate surface area is 204 Å². The zero-order valence-corrected chi connectivity index (χ0v) is 21.0. The average Bonchev–Trinajstić information content (AvgIpc) is 3.33. The van der Waals surface area contributed by atoms with Crippen LogP contribution in [-0.4, -0.2) is 55.0 Å². The highest BCUT2D eigenvalue weighted by molar-refractivity contribution is 7.89. The number of para-hydroxylation sites is 1. The van der Waals surface area contributed by atoms with Crippen molar-refractivity contribution in [1.82, 2.24) is 14.5 Å². The number of benzene rings is 2. The third kappa shape index (κ3) is 5.29. The number of amides is 1. The molecule has 0 bridgehead atoms. The van der Waals surface area contributed by atoms with E-state index in [1.807, 2.05) is 30.3 Å². The minimum Gasteiger partial charge on any atom is -0.369 e. The summed E-state index contributed by atoms with van der Waals surface area (Å²) in [7, 11) is -3.71. The number of sulfonamides is 1.